The smallest absolute Gasteiger partial charge is 0.163 e. The number of rotatable bonds is 3. The summed E-state index contributed by atoms with van der Waals surface area (Å²) in [6.07, 6.45) is 1.74. The van der Waals surface area contributed by atoms with Gasteiger partial charge in [0, 0.05) is 11.4 Å². The molecule has 0 aliphatic heterocycles. The van der Waals surface area contributed by atoms with E-state index in [1.54, 1.807) is 30.6 Å². The lowest BCUT2D eigenvalue weighted by Crippen LogP contribution is -2.00. The Morgan fingerprint density at radius 3 is 2.52 bits per heavy atom. The van der Waals surface area contributed by atoms with Gasteiger partial charge in [0.1, 0.15) is 30.2 Å². The normalized spacial score (nSPS) is 9.68. The number of nitriles is 3. The van der Waals surface area contributed by atoms with Crippen LogP contribution in [0.4, 0.5) is 5.69 Å². The molecular formula is C19H12N6. The average molecular weight is 324 g/mol. The quantitative estimate of drug-likeness (QED) is 0.742. The van der Waals surface area contributed by atoms with Crippen molar-refractivity contribution in [3.05, 3.63) is 65.6 Å². The van der Waals surface area contributed by atoms with Crippen LogP contribution in [0.1, 0.15) is 5.56 Å². The van der Waals surface area contributed by atoms with Crippen molar-refractivity contribution in [2.75, 3.05) is 5.32 Å². The van der Waals surface area contributed by atoms with Gasteiger partial charge >= 0.3 is 0 Å². The second kappa shape index (κ2) is 6.58. The van der Waals surface area contributed by atoms with Gasteiger partial charge in [0.15, 0.2) is 5.57 Å². The van der Waals surface area contributed by atoms with Gasteiger partial charge in [-0.25, -0.2) is 4.98 Å². The Bertz CT molecular complexity index is 1100. The lowest BCUT2D eigenvalue weighted by Gasteiger charge is -2.07. The Morgan fingerprint density at radius 2 is 1.84 bits per heavy atom. The predicted molar refractivity (Wildman–Crippen MR) is 93.3 cm³/mol. The molecule has 0 spiro atoms. The maximum Gasteiger partial charge on any atom is 0.163 e. The number of aryl methyl sites for hydroxylation is 1. The summed E-state index contributed by atoms with van der Waals surface area (Å²) < 4.78 is 1.98. The van der Waals surface area contributed by atoms with Crippen LogP contribution in [0.2, 0.25) is 0 Å². The van der Waals surface area contributed by atoms with Crippen molar-refractivity contribution in [2.24, 2.45) is 0 Å². The molecule has 2 aromatic carbocycles. The van der Waals surface area contributed by atoms with E-state index in [4.69, 9.17) is 15.8 Å². The third-order valence-electron chi connectivity index (χ3n) is 3.68. The number of imidazole rings is 1. The number of allylic oxidation sites excluding steroid dienone is 2. The number of anilines is 1. The first kappa shape index (κ1) is 15.8. The van der Waals surface area contributed by atoms with Crippen LogP contribution in [0.5, 0.6) is 0 Å². The van der Waals surface area contributed by atoms with E-state index < -0.39 is 0 Å². The summed E-state index contributed by atoms with van der Waals surface area (Å²) >= 11 is 0. The summed E-state index contributed by atoms with van der Waals surface area (Å²) in [5, 5.41) is 29.7. The first-order valence-corrected chi connectivity index (χ1v) is 7.42. The predicted octanol–water partition coefficient (Wildman–Crippen LogP) is 3.57. The zero-order chi connectivity index (χ0) is 17.8. The van der Waals surface area contributed by atoms with Gasteiger partial charge < -0.3 is 5.32 Å². The van der Waals surface area contributed by atoms with E-state index in [2.05, 4.69) is 16.4 Å². The standard InChI is InChI=1S/C19H12N6/c1-13-3-2-4-16(7-13)25-12-23-17-8-15(5-6-19(17)25)24-18(11-22)14(9-20)10-21/h2-8,12,24H,1H3. The summed E-state index contributed by atoms with van der Waals surface area (Å²) in [5.41, 5.74) is 4.06. The molecule has 3 aromatic rings. The number of hydrogen-bond donors (Lipinski definition) is 1. The Morgan fingerprint density at radius 1 is 1.04 bits per heavy atom. The van der Waals surface area contributed by atoms with Gasteiger partial charge in [0.2, 0.25) is 0 Å². The third kappa shape index (κ3) is 3.03. The van der Waals surface area contributed by atoms with Crippen molar-refractivity contribution >= 4 is 16.7 Å². The van der Waals surface area contributed by atoms with E-state index in [9.17, 15) is 0 Å². The van der Waals surface area contributed by atoms with Crippen molar-refractivity contribution in [1.29, 1.82) is 15.8 Å². The second-order valence-corrected chi connectivity index (χ2v) is 5.37. The fourth-order valence-electron chi connectivity index (χ4n) is 2.50. The van der Waals surface area contributed by atoms with E-state index in [0.717, 1.165) is 22.3 Å². The van der Waals surface area contributed by atoms with Gasteiger partial charge in [-0.15, -0.1) is 0 Å². The highest BCUT2D eigenvalue weighted by atomic mass is 15.0. The fraction of sp³-hybridized carbons (Fsp3) is 0.0526. The fourth-order valence-corrected chi connectivity index (χ4v) is 2.50. The molecule has 0 bridgehead atoms. The SMILES string of the molecule is Cc1cccc(-n2cnc3cc(NC(C#N)=C(C#N)C#N)ccc32)c1. The van der Waals surface area contributed by atoms with Crippen LogP contribution >= 0.6 is 0 Å². The summed E-state index contributed by atoms with van der Waals surface area (Å²) in [7, 11) is 0. The summed E-state index contributed by atoms with van der Waals surface area (Å²) in [6.45, 7) is 2.03. The molecule has 0 fully saturated rings. The van der Waals surface area contributed by atoms with E-state index in [-0.39, 0.29) is 11.3 Å². The van der Waals surface area contributed by atoms with E-state index in [0.29, 0.717) is 5.69 Å². The van der Waals surface area contributed by atoms with Gasteiger partial charge in [-0.1, -0.05) is 12.1 Å². The molecule has 118 valence electrons. The molecule has 0 aliphatic rings. The van der Waals surface area contributed by atoms with Crippen molar-refractivity contribution in [2.45, 2.75) is 6.92 Å². The van der Waals surface area contributed by atoms with Gasteiger partial charge in [-0.05, 0) is 42.8 Å². The van der Waals surface area contributed by atoms with Crippen molar-refractivity contribution in [3.8, 4) is 23.9 Å². The molecule has 3 rings (SSSR count). The molecule has 0 radical (unpaired) electrons. The van der Waals surface area contributed by atoms with E-state index in [1.165, 1.54) is 0 Å². The van der Waals surface area contributed by atoms with Crippen molar-refractivity contribution < 1.29 is 0 Å². The van der Waals surface area contributed by atoms with Gasteiger partial charge in [-0.2, -0.15) is 15.8 Å². The number of benzene rings is 2. The summed E-state index contributed by atoms with van der Waals surface area (Å²) in [5.74, 6) is 0. The van der Waals surface area contributed by atoms with Crippen LogP contribution in [0.3, 0.4) is 0 Å². The molecular weight excluding hydrogens is 312 g/mol. The van der Waals surface area contributed by atoms with Crippen molar-refractivity contribution in [3.63, 3.8) is 0 Å². The number of nitrogens with zero attached hydrogens (tertiary/aromatic N) is 5. The zero-order valence-corrected chi connectivity index (χ0v) is 13.4. The molecule has 1 heterocycles. The Hall–Kier alpha value is -4.08. The zero-order valence-electron chi connectivity index (χ0n) is 13.4. The van der Waals surface area contributed by atoms with E-state index in [1.807, 2.05) is 41.8 Å². The number of hydrogen-bond acceptors (Lipinski definition) is 5. The highest BCUT2D eigenvalue weighted by molar-refractivity contribution is 5.82. The lowest BCUT2D eigenvalue weighted by molar-refractivity contribution is 1.09. The minimum absolute atomic E-state index is 0.0810. The first-order chi connectivity index (χ1) is 12.2. The molecule has 25 heavy (non-hydrogen) atoms. The molecule has 1 aromatic heterocycles. The van der Waals surface area contributed by atoms with Crippen LogP contribution in [-0.2, 0) is 0 Å². The third-order valence-corrected chi connectivity index (χ3v) is 3.68. The monoisotopic (exact) mass is 324 g/mol. The number of aromatic nitrogens is 2. The van der Waals surface area contributed by atoms with Crippen LogP contribution in [0, 0.1) is 40.9 Å². The maximum atomic E-state index is 9.12. The maximum absolute atomic E-state index is 9.12. The summed E-state index contributed by atoms with van der Waals surface area (Å²) in [6, 6.07) is 18.8. The van der Waals surface area contributed by atoms with Crippen LogP contribution < -0.4 is 5.32 Å². The molecule has 0 amide bonds. The van der Waals surface area contributed by atoms with Crippen LogP contribution in [-0.4, -0.2) is 9.55 Å². The number of nitrogens with one attached hydrogen (secondary N) is 1. The molecule has 1 N–H and O–H groups in total. The van der Waals surface area contributed by atoms with Crippen molar-refractivity contribution in [1.82, 2.24) is 9.55 Å². The highest BCUT2D eigenvalue weighted by Gasteiger charge is 2.09. The van der Waals surface area contributed by atoms with E-state index >= 15 is 0 Å². The Kier molecular flexibility index (Phi) is 4.16. The summed E-state index contributed by atoms with van der Waals surface area (Å²) in [4.78, 5) is 4.40. The Labute approximate surface area is 144 Å². The molecule has 0 saturated heterocycles. The van der Waals surface area contributed by atoms with Gasteiger partial charge in [-0.3, -0.25) is 4.57 Å². The molecule has 0 aliphatic carbocycles. The van der Waals surface area contributed by atoms with Gasteiger partial charge in [0.25, 0.3) is 0 Å². The minimum atomic E-state index is -0.257. The van der Waals surface area contributed by atoms with Crippen LogP contribution in [0.15, 0.2) is 60.1 Å². The number of fused-ring (bicyclic) bond motifs is 1. The molecule has 6 nitrogen and oxygen atoms in total. The highest BCUT2D eigenvalue weighted by Crippen LogP contribution is 2.23. The minimum Gasteiger partial charge on any atom is -0.345 e. The van der Waals surface area contributed by atoms with Gasteiger partial charge in [0.05, 0.1) is 11.0 Å². The molecule has 0 unspecified atom stereocenters. The molecule has 6 heteroatoms. The topological polar surface area (TPSA) is 101 Å². The lowest BCUT2D eigenvalue weighted by atomic mass is 10.2. The Balaban J connectivity index is 2.01. The second-order valence-electron chi connectivity index (χ2n) is 5.37. The average Bonchev–Trinajstić information content (AvgIpc) is 3.05. The van der Waals surface area contributed by atoms with Crippen LogP contribution in [0.25, 0.3) is 16.7 Å². The first-order valence-electron chi connectivity index (χ1n) is 7.42. The molecule has 0 atom stereocenters. The molecule has 0 saturated carbocycles. The largest absolute Gasteiger partial charge is 0.345 e.